The van der Waals surface area contributed by atoms with Crippen LogP contribution in [0.3, 0.4) is 0 Å². The van der Waals surface area contributed by atoms with Gasteiger partial charge in [0.1, 0.15) is 6.04 Å². The van der Waals surface area contributed by atoms with Crippen molar-refractivity contribution in [1.29, 1.82) is 0 Å². The molecule has 3 N–H and O–H groups in total. The Morgan fingerprint density at radius 3 is 2.64 bits per heavy atom. The molecule has 0 aliphatic carbocycles. The molecule has 0 saturated carbocycles. The first kappa shape index (κ1) is 17.1. The Morgan fingerprint density at radius 1 is 1.24 bits per heavy atom. The highest BCUT2D eigenvalue weighted by molar-refractivity contribution is 6.04. The number of nitrogens with two attached hydrogens (primary N) is 1. The van der Waals surface area contributed by atoms with Gasteiger partial charge < -0.3 is 16.0 Å². The zero-order chi connectivity index (χ0) is 18.0. The molecule has 1 aliphatic rings. The maximum absolute atomic E-state index is 13.3. The zero-order valence-electron chi connectivity index (χ0n) is 14.4. The zero-order valence-corrected chi connectivity index (χ0v) is 14.4. The molecule has 25 heavy (non-hydrogen) atoms. The summed E-state index contributed by atoms with van der Waals surface area (Å²) in [5.74, 6) is -0.393. The van der Waals surface area contributed by atoms with Gasteiger partial charge in [-0.25, -0.2) is 0 Å². The third kappa shape index (κ3) is 3.25. The number of hydrogen-bond acceptors (Lipinski definition) is 4. The smallest absolute Gasteiger partial charge is 0.257 e. The number of rotatable bonds is 3. The average molecular weight is 338 g/mol. The predicted octanol–water partition coefficient (Wildman–Crippen LogP) is 1.34. The van der Waals surface area contributed by atoms with Crippen LogP contribution in [0.1, 0.15) is 22.5 Å². The number of benzene rings is 1. The Hall–Kier alpha value is -2.73. The first-order valence-corrected chi connectivity index (χ1v) is 8.32. The number of aryl methyl sites for hydroxylation is 1. The number of aromatic nitrogens is 1. The SMILES string of the molecule is CNC(=O)[C@@H]1C[C@H](N)CN1C(=O)c1c(-c2ccccc2)ccnc1C. The second-order valence-corrected chi connectivity index (χ2v) is 6.27. The number of carbonyl (C=O) groups is 2. The fourth-order valence-electron chi connectivity index (χ4n) is 3.35. The molecule has 1 aromatic carbocycles. The number of likely N-dealkylation sites (N-methyl/N-ethyl adjacent to an activating group) is 1. The van der Waals surface area contributed by atoms with Crippen molar-refractivity contribution in [2.75, 3.05) is 13.6 Å². The molecule has 2 heterocycles. The van der Waals surface area contributed by atoms with Crippen molar-refractivity contribution in [3.63, 3.8) is 0 Å². The lowest BCUT2D eigenvalue weighted by Crippen LogP contribution is -2.45. The highest BCUT2D eigenvalue weighted by Crippen LogP contribution is 2.28. The monoisotopic (exact) mass is 338 g/mol. The summed E-state index contributed by atoms with van der Waals surface area (Å²) in [4.78, 5) is 31.3. The molecule has 0 radical (unpaired) electrons. The highest BCUT2D eigenvalue weighted by Gasteiger charge is 2.39. The Balaban J connectivity index is 2.04. The Bertz CT molecular complexity index is 791. The van der Waals surface area contributed by atoms with E-state index in [2.05, 4.69) is 10.3 Å². The Morgan fingerprint density at radius 2 is 1.96 bits per heavy atom. The summed E-state index contributed by atoms with van der Waals surface area (Å²) in [5.41, 5.74) is 8.94. The van der Waals surface area contributed by atoms with Gasteiger partial charge in [0.15, 0.2) is 0 Å². The van der Waals surface area contributed by atoms with Crippen molar-refractivity contribution in [1.82, 2.24) is 15.2 Å². The number of pyridine rings is 1. The lowest BCUT2D eigenvalue weighted by atomic mass is 9.98. The summed E-state index contributed by atoms with van der Waals surface area (Å²) >= 11 is 0. The van der Waals surface area contributed by atoms with Gasteiger partial charge in [0.2, 0.25) is 5.91 Å². The second kappa shape index (κ2) is 7.03. The van der Waals surface area contributed by atoms with Gasteiger partial charge in [0.25, 0.3) is 5.91 Å². The topological polar surface area (TPSA) is 88.3 Å². The number of carbonyl (C=O) groups excluding carboxylic acids is 2. The van der Waals surface area contributed by atoms with Crippen LogP contribution in [0.2, 0.25) is 0 Å². The molecule has 0 spiro atoms. The summed E-state index contributed by atoms with van der Waals surface area (Å²) < 4.78 is 0. The van der Waals surface area contributed by atoms with Crippen LogP contribution in [0.4, 0.5) is 0 Å². The summed E-state index contributed by atoms with van der Waals surface area (Å²) in [5, 5.41) is 2.62. The molecule has 6 nitrogen and oxygen atoms in total. The van der Waals surface area contributed by atoms with E-state index in [0.29, 0.717) is 24.2 Å². The molecule has 2 atom stereocenters. The third-order valence-corrected chi connectivity index (χ3v) is 4.58. The van der Waals surface area contributed by atoms with Crippen LogP contribution in [0.15, 0.2) is 42.6 Å². The molecule has 3 rings (SSSR count). The normalized spacial score (nSPS) is 19.7. The van der Waals surface area contributed by atoms with Gasteiger partial charge in [-0.15, -0.1) is 0 Å². The first-order valence-electron chi connectivity index (χ1n) is 8.32. The summed E-state index contributed by atoms with van der Waals surface area (Å²) in [6.07, 6.45) is 2.16. The van der Waals surface area contributed by atoms with Crippen LogP contribution in [-0.2, 0) is 4.79 Å². The number of nitrogens with one attached hydrogen (secondary N) is 1. The van der Waals surface area contributed by atoms with Gasteiger partial charge in [0, 0.05) is 25.8 Å². The second-order valence-electron chi connectivity index (χ2n) is 6.27. The molecule has 1 saturated heterocycles. The third-order valence-electron chi connectivity index (χ3n) is 4.58. The van der Waals surface area contributed by atoms with Crippen LogP contribution < -0.4 is 11.1 Å². The fourth-order valence-corrected chi connectivity index (χ4v) is 3.35. The van der Waals surface area contributed by atoms with Crippen LogP contribution in [0.5, 0.6) is 0 Å². The lowest BCUT2D eigenvalue weighted by molar-refractivity contribution is -0.124. The largest absolute Gasteiger partial charge is 0.357 e. The van der Waals surface area contributed by atoms with E-state index in [4.69, 9.17) is 5.73 Å². The van der Waals surface area contributed by atoms with Crippen LogP contribution >= 0.6 is 0 Å². The highest BCUT2D eigenvalue weighted by atomic mass is 16.2. The molecule has 0 unspecified atom stereocenters. The standard InChI is InChI=1S/C19H22N4O2/c1-12-17(15(8-9-22-12)13-6-4-3-5-7-13)19(25)23-11-14(20)10-16(23)18(24)21-2/h3-9,14,16H,10-11,20H2,1-2H3,(H,21,24)/t14-,16-/m0/s1. The molecule has 1 aromatic heterocycles. The average Bonchev–Trinajstić information content (AvgIpc) is 3.03. The van der Waals surface area contributed by atoms with Crippen LogP contribution in [-0.4, -0.2) is 47.4 Å². The maximum atomic E-state index is 13.3. The summed E-state index contributed by atoms with van der Waals surface area (Å²) in [7, 11) is 1.57. The summed E-state index contributed by atoms with van der Waals surface area (Å²) in [6, 6.07) is 10.8. The van der Waals surface area contributed by atoms with Gasteiger partial charge in [-0.1, -0.05) is 30.3 Å². The number of likely N-dealkylation sites (tertiary alicyclic amines) is 1. The van der Waals surface area contributed by atoms with E-state index in [9.17, 15) is 9.59 Å². The van der Waals surface area contributed by atoms with E-state index in [1.54, 1.807) is 18.1 Å². The molecule has 2 aromatic rings. The molecule has 6 heteroatoms. The van der Waals surface area contributed by atoms with Crippen molar-refractivity contribution in [3.05, 3.63) is 53.9 Å². The minimum Gasteiger partial charge on any atom is -0.357 e. The van der Waals surface area contributed by atoms with Gasteiger partial charge in [-0.2, -0.15) is 0 Å². The predicted molar refractivity (Wildman–Crippen MR) is 95.9 cm³/mol. The van der Waals surface area contributed by atoms with Gasteiger partial charge in [-0.3, -0.25) is 14.6 Å². The van der Waals surface area contributed by atoms with Gasteiger partial charge in [-0.05, 0) is 30.5 Å². The molecule has 0 bridgehead atoms. The quantitative estimate of drug-likeness (QED) is 0.884. The van der Waals surface area contributed by atoms with Gasteiger partial charge >= 0.3 is 0 Å². The van der Waals surface area contributed by atoms with E-state index in [-0.39, 0.29) is 17.9 Å². The lowest BCUT2D eigenvalue weighted by Gasteiger charge is -2.25. The van der Waals surface area contributed by atoms with E-state index in [0.717, 1.165) is 11.1 Å². The van der Waals surface area contributed by atoms with Gasteiger partial charge in [0.05, 0.1) is 11.3 Å². The molecular weight excluding hydrogens is 316 g/mol. The van der Waals surface area contributed by atoms with E-state index < -0.39 is 6.04 Å². The summed E-state index contributed by atoms with van der Waals surface area (Å²) in [6.45, 7) is 2.17. The number of nitrogens with zero attached hydrogens (tertiary/aromatic N) is 2. The first-order chi connectivity index (χ1) is 12.0. The van der Waals surface area contributed by atoms with Crippen molar-refractivity contribution in [3.8, 4) is 11.1 Å². The fraction of sp³-hybridized carbons (Fsp3) is 0.316. The molecule has 2 amide bonds. The van der Waals surface area contributed by atoms with E-state index >= 15 is 0 Å². The minimum absolute atomic E-state index is 0.191. The van der Waals surface area contributed by atoms with E-state index in [1.165, 1.54) is 0 Å². The molecule has 130 valence electrons. The van der Waals surface area contributed by atoms with Crippen LogP contribution in [0.25, 0.3) is 11.1 Å². The molecular formula is C19H22N4O2. The van der Waals surface area contributed by atoms with Crippen molar-refractivity contribution in [2.24, 2.45) is 5.73 Å². The van der Waals surface area contributed by atoms with Crippen molar-refractivity contribution >= 4 is 11.8 Å². The van der Waals surface area contributed by atoms with Crippen LogP contribution in [0, 0.1) is 6.92 Å². The maximum Gasteiger partial charge on any atom is 0.257 e. The minimum atomic E-state index is -0.546. The van der Waals surface area contributed by atoms with Crippen molar-refractivity contribution in [2.45, 2.75) is 25.4 Å². The number of hydrogen-bond donors (Lipinski definition) is 2. The van der Waals surface area contributed by atoms with E-state index in [1.807, 2.05) is 43.3 Å². The Kier molecular flexibility index (Phi) is 4.81. The molecule has 1 aliphatic heterocycles. The van der Waals surface area contributed by atoms with Crippen molar-refractivity contribution < 1.29 is 9.59 Å². The number of amides is 2. The molecule has 1 fully saturated rings. The Labute approximate surface area is 147 Å².